The van der Waals surface area contributed by atoms with E-state index < -0.39 is 46.5 Å². The van der Waals surface area contributed by atoms with E-state index in [1.165, 1.54) is 6.92 Å². The number of rotatable bonds is 2. The topological polar surface area (TPSA) is 139 Å². The number of aliphatic hydroxyl groups excluding tert-OH is 1. The van der Waals surface area contributed by atoms with Crippen molar-refractivity contribution < 1.29 is 33.8 Å². The van der Waals surface area contributed by atoms with Crippen LogP contribution in [-0.4, -0.2) is 40.3 Å². The maximum Gasteiger partial charge on any atom is 0.375 e. The Bertz CT molecular complexity index is 554. The standard InChI is InChI=1S/C10H8N2O7/c1-2-3(13)4-5(14)6(15)19-10(4)7(16)11-9(18)12-8(10)17/h14H,2H2,1H3,(H2,11,12,16,17,18). The van der Waals surface area contributed by atoms with Crippen LogP contribution < -0.4 is 10.6 Å². The minimum absolute atomic E-state index is 0.174. The third-order valence-electron chi connectivity index (χ3n) is 2.72. The van der Waals surface area contributed by atoms with E-state index in [2.05, 4.69) is 4.74 Å². The molecule has 1 spiro atoms. The Morgan fingerprint density at radius 2 is 1.74 bits per heavy atom. The molecule has 2 heterocycles. The van der Waals surface area contributed by atoms with Crippen LogP contribution in [0, 0.1) is 0 Å². The zero-order valence-electron chi connectivity index (χ0n) is 9.60. The predicted octanol–water partition coefficient (Wildman–Crippen LogP) is -1.56. The maximum absolute atomic E-state index is 11.8. The van der Waals surface area contributed by atoms with Crippen LogP contribution in [0.5, 0.6) is 0 Å². The Hall–Kier alpha value is -2.71. The average molecular weight is 268 g/mol. The third kappa shape index (κ3) is 1.51. The van der Waals surface area contributed by atoms with Crippen molar-refractivity contribution in [2.75, 3.05) is 0 Å². The van der Waals surface area contributed by atoms with Crippen LogP contribution in [0.4, 0.5) is 4.79 Å². The van der Waals surface area contributed by atoms with Crippen molar-refractivity contribution in [3.63, 3.8) is 0 Å². The van der Waals surface area contributed by atoms with Crippen LogP contribution in [0.3, 0.4) is 0 Å². The third-order valence-corrected chi connectivity index (χ3v) is 2.72. The molecule has 2 aliphatic rings. The van der Waals surface area contributed by atoms with E-state index in [-0.39, 0.29) is 6.42 Å². The number of ketones is 1. The molecule has 0 unspecified atom stereocenters. The summed E-state index contributed by atoms with van der Waals surface area (Å²) in [5.41, 5.74) is -3.40. The molecule has 19 heavy (non-hydrogen) atoms. The molecule has 0 aromatic heterocycles. The highest BCUT2D eigenvalue weighted by atomic mass is 16.6. The molecular weight excluding hydrogens is 260 g/mol. The molecule has 100 valence electrons. The first-order valence-corrected chi connectivity index (χ1v) is 5.21. The fourth-order valence-corrected chi connectivity index (χ4v) is 1.85. The first-order valence-electron chi connectivity index (χ1n) is 5.21. The lowest BCUT2D eigenvalue weighted by Gasteiger charge is -2.29. The van der Waals surface area contributed by atoms with Gasteiger partial charge in [0.1, 0.15) is 5.57 Å². The first kappa shape index (κ1) is 12.7. The monoisotopic (exact) mass is 268 g/mol. The molecule has 2 aliphatic heterocycles. The highest BCUT2D eigenvalue weighted by molar-refractivity contribution is 6.31. The number of aliphatic hydroxyl groups is 1. The fourth-order valence-electron chi connectivity index (χ4n) is 1.85. The molecule has 0 bridgehead atoms. The minimum Gasteiger partial charge on any atom is -0.501 e. The second-order valence-corrected chi connectivity index (χ2v) is 3.81. The van der Waals surface area contributed by atoms with Gasteiger partial charge in [-0.2, -0.15) is 0 Å². The second-order valence-electron chi connectivity index (χ2n) is 3.81. The first-order chi connectivity index (χ1) is 8.84. The van der Waals surface area contributed by atoms with Crippen molar-refractivity contribution in [1.82, 2.24) is 10.6 Å². The minimum atomic E-state index is -2.64. The van der Waals surface area contributed by atoms with Crippen LogP contribution in [0.25, 0.3) is 0 Å². The molecule has 0 radical (unpaired) electrons. The molecule has 1 saturated heterocycles. The van der Waals surface area contributed by atoms with Crippen molar-refractivity contribution in [1.29, 1.82) is 0 Å². The van der Waals surface area contributed by atoms with E-state index in [0.29, 0.717) is 0 Å². The number of urea groups is 1. The quantitative estimate of drug-likeness (QED) is 0.406. The number of barbiturate groups is 1. The molecule has 0 aromatic rings. The number of hydrogen-bond acceptors (Lipinski definition) is 7. The summed E-state index contributed by atoms with van der Waals surface area (Å²) in [4.78, 5) is 57.6. The molecular formula is C10H8N2O7. The number of nitrogens with one attached hydrogen (secondary N) is 2. The second kappa shape index (κ2) is 3.90. The molecule has 0 atom stereocenters. The maximum atomic E-state index is 11.8. The van der Waals surface area contributed by atoms with Crippen LogP contribution in [-0.2, 0) is 23.9 Å². The number of esters is 1. The van der Waals surface area contributed by atoms with Gasteiger partial charge in [-0.3, -0.25) is 25.0 Å². The highest BCUT2D eigenvalue weighted by Gasteiger charge is 2.64. The molecule has 2 rings (SSSR count). The number of hydrogen-bond donors (Lipinski definition) is 3. The molecule has 9 nitrogen and oxygen atoms in total. The van der Waals surface area contributed by atoms with E-state index in [4.69, 9.17) is 0 Å². The Labute approximate surface area is 105 Å². The van der Waals surface area contributed by atoms with Crippen LogP contribution in [0.1, 0.15) is 13.3 Å². The van der Waals surface area contributed by atoms with Gasteiger partial charge in [0.15, 0.2) is 5.78 Å². The zero-order chi connectivity index (χ0) is 14.4. The van der Waals surface area contributed by atoms with Gasteiger partial charge in [-0.05, 0) is 0 Å². The van der Waals surface area contributed by atoms with Crippen LogP contribution >= 0.6 is 0 Å². The number of amides is 4. The van der Waals surface area contributed by atoms with Gasteiger partial charge < -0.3 is 9.84 Å². The Balaban J connectivity index is 2.63. The molecule has 9 heteroatoms. The van der Waals surface area contributed by atoms with Crippen molar-refractivity contribution >= 4 is 29.6 Å². The normalized spacial score (nSPS) is 21.3. The van der Waals surface area contributed by atoms with Crippen molar-refractivity contribution in [3.8, 4) is 0 Å². The fraction of sp³-hybridized carbons (Fsp3) is 0.300. The van der Waals surface area contributed by atoms with Gasteiger partial charge in [0.2, 0.25) is 5.76 Å². The lowest BCUT2D eigenvalue weighted by Crippen LogP contribution is -2.68. The van der Waals surface area contributed by atoms with Crippen LogP contribution in [0.2, 0.25) is 0 Å². The number of carbonyl (C=O) groups is 5. The number of carbonyl (C=O) groups excluding carboxylic acids is 5. The average Bonchev–Trinajstić information content (AvgIpc) is 2.60. The van der Waals surface area contributed by atoms with E-state index in [9.17, 15) is 29.1 Å². The van der Waals surface area contributed by atoms with Gasteiger partial charge in [0, 0.05) is 6.42 Å². The van der Waals surface area contributed by atoms with Gasteiger partial charge in [-0.25, -0.2) is 9.59 Å². The number of imide groups is 2. The Morgan fingerprint density at radius 1 is 1.21 bits per heavy atom. The smallest absolute Gasteiger partial charge is 0.375 e. The summed E-state index contributed by atoms with van der Waals surface area (Å²) in [5.74, 6) is -5.89. The van der Waals surface area contributed by atoms with Crippen molar-refractivity contribution in [3.05, 3.63) is 11.3 Å². The number of ether oxygens (including phenoxy) is 1. The van der Waals surface area contributed by atoms with Gasteiger partial charge in [-0.15, -0.1) is 0 Å². The van der Waals surface area contributed by atoms with E-state index in [0.717, 1.165) is 0 Å². The van der Waals surface area contributed by atoms with E-state index >= 15 is 0 Å². The van der Waals surface area contributed by atoms with Gasteiger partial charge in [0.05, 0.1) is 0 Å². The summed E-state index contributed by atoms with van der Waals surface area (Å²) in [6.45, 7) is 1.41. The summed E-state index contributed by atoms with van der Waals surface area (Å²) in [7, 11) is 0. The van der Waals surface area contributed by atoms with Crippen molar-refractivity contribution in [2.45, 2.75) is 18.9 Å². The lowest BCUT2D eigenvalue weighted by atomic mass is 9.87. The predicted molar refractivity (Wildman–Crippen MR) is 55.5 cm³/mol. The molecule has 4 amide bonds. The molecule has 1 fully saturated rings. The number of Topliss-reactive ketones (excluding diaryl/α,β-unsaturated/α-hetero) is 1. The Kier molecular flexibility index (Phi) is 2.62. The highest BCUT2D eigenvalue weighted by Crippen LogP contribution is 2.35. The van der Waals surface area contributed by atoms with Gasteiger partial charge in [-0.1, -0.05) is 6.92 Å². The van der Waals surface area contributed by atoms with Crippen molar-refractivity contribution in [2.24, 2.45) is 0 Å². The van der Waals surface area contributed by atoms with E-state index in [1.807, 2.05) is 0 Å². The summed E-state index contributed by atoms with van der Waals surface area (Å²) >= 11 is 0. The Morgan fingerprint density at radius 3 is 2.21 bits per heavy atom. The van der Waals surface area contributed by atoms with Crippen LogP contribution in [0.15, 0.2) is 11.3 Å². The molecule has 0 aliphatic carbocycles. The molecule has 0 saturated carbocycles. The van der Waals surface area contributed by atoms with E-state index in [1.54, 1.807) is 10.6 Å². The lowest BCUT2D eigenvalue weighted by molar-refractivity contribution is -0.166. The summed E-state index contributed by atoms with van der Waals surface area (Å²) in [6.07, 6.45) is -0.174. The summed E-state index contributed by atoms with van der Waals surface area (Å²) in [6, 6.07) is -1.11. The van der Waals surface area contributed by atoms with Gasteiger partial charge in [0.25, 0.3) is 11.8 Å². The SMILES string of the molecule is CCC(=O)C1=C(O)C(=O)OC12C(=O)NC(=O)NC2=O. The zero-order valence-corrected chi connectivity index (χ0v) is 9.60. The summed E-state index contributed by atoms with van der Waals surface area (Å²) < 4.78 is 4.55. The largest absolute Gasteiger partial charge is 0.501 e. The molecule has 0 aromatic carbocycles. The molecule has 3 N–H and O–H groups in total. The summed E-state index contributed by atoms with van der Waals surface area (Å²) in [5, 5.41) is 12.9. The van der Waals surface area contributed by atoms with Gasteiger partial charge >= 0.3 is 17.6 Å².